The summed E-state index contributed by atoms with van der Waals surface area (Å²) in [5.41, 5.74) is 1.94. The van der Waals surface area contributed by atoms with E-state index in [0.29, 0.717) is 11.3 Å². The van der Waals surface area contributed by atoms with Crippen molar-refractivity contribution < 1.29 is 14.9 Å². The van der Waals surface area contributed by atoms with Crippen molar-refractivity contribution in [2.24, 2.45) is 28.6 Å². The number of fused-ring (bicyclic) bond motifs is 1. The van der Waals surface area contributed by atoms with Crippen LogP contribution in [0.4, 0.5) is 0 Å². The number of aliphatic hydroxyl groups is 2. The summed E-state index contributed by atoms with van der Waals surface area (Å²) in [7, 11) is 0. The van der Waals surface area contributed by atoms with Gasteiger partial charge in [0.2, 0.25) is 0 Å². The van der Waals surface area contributed by atoms with E-state index in [9.17, 15) is 10.2 Å². The van der Waals surface area contributed by atoms with Gasteiger partial charge in [-0.2, -0.15) is 0 Å². The van der Waals surface area contributed by atoms with Crippen LogP contribution >= 0.6 is 0 Å². The van der Waals surface area contributed by atoms with Crippen LogP contribution in [-0.2, 0) is 4.74 Å². The molecule has 5 rings (SSSR count). The molecule has 0 aromatic carbocycles. The normalized spacial score (nSPS) is 53.8. The molecule has 0 aromatic heterocycles. The number of hydrogen-bond donors (Lipinski definition) is 2. The Kier molecular flexibility index (Phi) is 3.35. The summed E-state index contributed by atoms with van der Waals surface area (Å²) in [5.74, 6) is 1.75. The first-order valence-electron chi connectivity index (χ1n) is 10.2. The zero-order chi connectivity index (χ0) is 16.6. The van der Waals surface area contributed by atoms with Crippen molar-refractivity contribution in [3.8, 4) is 0 Å². The van der Waals surface area contributed by atoms with E-state index in [1.54, 1.807) is 0 Å². The SMILES string of the molecule is C[C@]12CC[C@@H]3[C@@]45CCCC[C@@H]4CC[C@@]3(OC5)C1=CC[C@@H]2C(O)CO. The molecule has 134 valence electrons. The lowest BCUT2D eigenvalue weighted by molar-refractivity contribution is -0.0842. The van der Waals surface area contributed by atoms with Crippen LogP contribution in [0.3, 0.4) is 0 Å². The van der Waals surface area contributed by atoms with Gasteiger partial charge in [0, 0.05) is 5.41 Å². The fourth-order valence-electron chi connectivity index (χ4n) is 7.97. The molecule has 4 aliphatic carbocycles. The Hall–Kier alpha value is -0.380. The summed E-state index contributed by atoms with van der Waals surface area (Å²) in [5, 5.41) is 19.9. The maximum Gasteiger partial charge on any atom is 0.0931 e. The molecule has 2 N–H and O–H groups in total. The van der Waals surface area contributed by atoms with E-state index in [1.807, 2.05) is 0 Å². The van der Waals surface area contributed by atoms with E-state index in [2.05, 4.69) is 13.0 Å². The third-order valence-electron chi connectivity index (χ3n) is 9.05. The van der Waals surface area contributed by atoms with E-state index in [1.165, 1.54) is 50.5 Å². The molecule has 0 aromatic rings. The summed E-state index contributed by atoms with van der Waals surface area (Å²) < 4.78 is 6.76. The molecule has 3 nitrogen and oxygen atoms in total. The molecule has 7 atom stereocenters. The van der Waals surface area contributed by atoms with Gasteiger partial charge in [-0.05, 0) is 73.7 Å². The van der Waals surface area contributed by atoms with E-state index in [4.69, 9.17) is 4.74 Å². The average molecular weight is 332 g/mol. The zero-order valence-corrected chi connectivity index (χ0v) is 15.0. The van der Waals surface area contributed by atoms with E-state index < -0.39 is 6.10 Å². The third kappa shape index (κ3) is 1.70. The fraction of sp³-hybridized carbons (Fsp3) is 0.905. The fourth-order valence-corrected chi connectivity index (χ4v) is 7.97. The minimum Gasteiger partial charge on any atom is -0.394 e. The minimum atomic E-state index is -0.599. The molecular formula is C21H32O3. The number of rotatable bonds is 2. The van der Waals surface area contributed by atoms with Crippen LogP contribution in [0.15, 0.2) is 11.6 Å². The van der Waals surface area contributed by atoms with Gasteiger partial charge in [0.15, 0.2) is 0 Å². The van der Waals surface area contributed by atoms with Crippen molar-refractivity contribution in [3.63, 3.8) is 0 Å². The first-order chi connectivity index (χ1) is 11.6. The van der Waals surface area contributed by atoms with Gasteiger partial charge in [0.25, 0.3) is 0 Å². The Morgan fingerprint density at radius 2 is 2.08 bits per heavy atom. The van der Waals surface area contributed by atoms with Gasteiger partial charge in [-0.25, -0.2) is 0 Å². The number of hydrogen-bond acceptors (Lipinski definition) is 3. The van der Waals surface area contributed by atoms with Crippen molar-refractivity contribution in [1.29, 1.82) is 0 Å². The second-order valence-electron chi connectivity index (χ2n) is 9.61. The van der Waals surface area contributed by atoms with Gasteiger partial charge in [0.1, 0.15) is 0 Å². The zero-order valence-electron chi connectivity index (χ0n) is 15.0. The predicted octanol–water partition coefficient (Wildman–Crippen LogP) is 3.44. The molecule has 1 spiro atoms. The van der Waals surface area contributed by atoms with Crippen LogP contribution in [0.5, 0.6) is 0 Å². The second-order valence-corrected chi connectivity index (χ2v) is 9.61. The molecule has 24 heavy (non-hydrogen) atoms. The lowest BCUT2D eigenvalue weighted by Crippen LogP contribution is -2.57. The Labute approximate surface area is 145 Å². The Balaban J connectivity index is 1.54. The van der Waals surface area contributed by atoms with Crippen LogP contribution in [0.25, 0.3) is 0 Å². The summed E-state index contributed by atoms with van der Waals surface area (Å²) in [6, 6.07) is 0. The smallest absolute Gasteiger partial charge is 0.0931 e. The average Bonchev–Trinajstić information content (AvgIpc) is 3.05. The maximum absolute atomic E-state index is 10.4. The quantitative estimate of drug-likeness (QED) is 0.762. The number of allylic oxidation sites excluding steroid dienone is 1. The Morgan fingerprint density at radius 3 is 2.92 bits per heavy atom. The van der Waals surface area contributed by atoms with Crippen molar-refractivity contribution in [2.75, 3.05) is 13.2 Å². The van der Waals surface area contributed by atoms with Crippen molar-refractivity contribution >= 4 is 0 Å². The van der Waals surface area contributed by atoms with Gasteiger partial charge in [0.05, 0.1) is 24.9 Å². The lowest BCUT2D eigenvalue weighted by Gasteiger charge is -2.58. The van der Waals surface area contributed by atoms with Gasteiger partial charge in [-0.3, -0.25) is 0 Å². The summed E-state index contributed by atoms with van der Waals surface area (Å²) >= 11 is 0. The van der Waals surface area contributed by atoms with Crippen LogP contribution < -0.4 is 0 Å². The molecule has 2 bridgehead atoms. The highest BCUT2D eigenvalue weighted by Crippen LogP contribution is 2.72. The van der Waals surface area contributed by atoms with Crippen molar-refractivity contribution in [2.45, 2.75) is 76.4 Å². The van der Waals surface area contributed by atoms with Crippen LogP contribution in [0.2, 0.25) is 0 Å². The molecule has 0 radical (unpaired) electrons. The molecule has 3 saturated carbocycles. The molecule has 5 aliphatic rings. The molecular weight excluding hydrogens is 300 g/mol. The van der Waals surface area contributed by atoms with E-state index in [-0.39, 0.29) is 23.5 Å². The van der Waals surface area contributed by atoms with Gasteiger partial charge >= 0.3 is 0 Å². The minimum absolute atomic E-state index is 0.0195. The third-order valence-corrected chi connectivity index (χ3v) is 9.05. The molecule has 3 heteroatoms. The van der Waals surface area contributed by atoms with E-state index >= 15 is 0 Å². The van der Waals surface area contributed by atoms with E-state index in [0.717, 1.165) is 25.4 Å². The standard InChI is InChI=1S/C21H32O3/c1-19-10-8-18-20-9-3-2-4-14(20)7-11-21(18,24-13-20)17(19)6-5-15(19)16(23)12-22/h6,14-16,18,22-23H,2-5,7-13H2,1H3/t14-,15-,16?,18-,19-,20-,21-/m1/s1. The maximum atomic E-state index is 10.4. The Morgan fingerprint density at radius 1 is 1.21 bits per heavy atom. The van der Waals surface area contributed by atoms with Crippen LogP contribution in [-0.4, -0.2) is 35.1 Å². The first-order valence-corrected chi connectivity index (χ1v) is 10.2. The lowest BCUT2D eigenvalue weighted by atomic mass is 9.45. The van der Waals surface area contributed by atoms with Gasteiger partial charge in [-0.15, -0.1) is 0 Å². The number of ether oxygens (including phenoxy) is 1. The van der Waals surface area contributed by atoms with Gasteiger partial charge < -0.3 is 14.9 Å². The van der Waals surface area contributed by atoms with Crippen molar-refractivity contribution in [3.05, 3.63) is 11.6 Å². The highest BCUT2D eigenvalue weighted by atomic mass is 16.5. The van der Waals surface area contributed by atoms with Gasteiger partial charge in [-0.1, -0.05) is 25.8 Å². The first kappa shape index (κ1) is 15.8. The highest BCUT2D eigenvalue weighted by molar-refractivity contribution is 5.39. The highest BCUT2D eigenvalue weighted by Gasteiger charge is 2.70. The summed E-state index contributed by atoms with van der Waals surface area (Å²) in [6.45, 7) is 3.19. The molecule has 1 saturated heterocycles. The van der Waals surface area contributed by atoms with Crippen LogP contribution in [0.1, 0.15) is 64.7 Å². The Bertz CT molecular complexity index is 567. The summed E-state index contributed by atoms with van der Waals surface area (Å²) in [6.07, 6.45) is 13.2. The second kappa shape index (κ2) is 5.08. The molecule has 1 heterocycles. The molecule has 1 unspecified atom stereocenters. The molecule has 0 amide bonds. The van der Waals surface area contributed by atoms with Crippen molar-refractivity contribution in [1.82, 2.24) is 0 Å². The monoisotopic (exact) mass is 332 g/mol. The molecule has 1 aliphatic heterocycles. The number of aliphatic hydroxyl groups excluding tert-OH is 2. The largest absolute Gasteiger partial charge is 0.394 e. The topological polar surface area (TPSA) is 49.7 Å². The van der Waals surface area contributed by atoms with Crippen LogP contribution in [0, 0.1) is 28.6 Å². The predicted molar refractivity (Wildman–Crippen MR) is 92.4 cm³/mol. The summed E-state index contributed by atoms with van der Waals surface area (Å²) in [4.78, 5) is 0. The molecule has 4 fully saturated rings.